The predicted octanol–water partition coefficient (Wildman–Crippen LogP) is 3.60. The molecular weight excluding hydrogens is 355 g/mol. The molecule has 2 aromatic carbocycles. The van der Waals surface area contributed by atoms with E-state index in [4.69, 9.17) is 28.9 Å². The minimum absolute atomic E-state index is 0.0480. The maximum atomic E-state index is 13.1. The number of hydrogen-bond acceptors (Lipinski definition) is 3. The Morgan fingerprint density at radius 2 is 2.04 bits per heavy atom. The highest BCUT2D eigenvalue weighted by Gasteiger charge is 2.11. The number of carbonyl (C=O) groups is 1. The van der Waals surface area contributed by atoms with E-state index in [1.165, 1.54) is 34.9 Å². The van der Waals surface area contributed by atoms with Gasteiger partial charge >= 0.3 is 5.97 Å². The van der Waals surface area contributed by atoms with E-state index >= 15 is 0 Å². The Morgan fingerprint density at radius 3 is 2.71 bits per heavy atom. The molecule has 0 aliphatic rings. The third kappa shape index (κ3) is 2.95. The van der Waals surface area contributed by atoms with Crippen molar-refractivity contribution in [3.63, 3.8) is 0 Å². The predicted molar refractivity (Wildman–Crippen MR) is 90.9 cm³/mol. The summed E-state index contributed by atoms with van der Waals surface area (Å²) in [7, 11) is 0. The van der Waals surface area contributed by atoms with Gasteiger partial charge in [0, 0.05) is 5.02 Å². The van der Waals surface area contributed by atoms with E-state index in [1.807, 2.05) is 0 Å². The Morgan fingerprint density at radius 1 is 1.29 bits per heavy atom. The van der Waals surface area contributed by atoms with Crippen molar-refractivity contribution in [2.45, 2.75) is 6.54 Å². The quantitative estimate of drug-likeness (QED) is 0.696. The lowest BCUT2D eigenvalue weighted by molar-refractivity contribution is 0.0697. The Hall–Kier alpha value is -2.51. The molecule has 0 atom stereocenters. The van der Waals surface area contributed by atoms with Crippen LogP contribution in [0.5, 0.6) is 0 Å². The van der Waals surface area contributed by atoms with E-state index < -0.39 is 11.8 Å². The molecule has 0 saturated carbocycles. The van der Waals surface area contributed by atoms with Crippen LogP contribution in [-0.2, 0) is 6.54 Å². The molecule has 3 aromatic rings. The van der Waals surface area contributed by atoms with Gasteiger partial charge in [0.1, 0.15) is 5.82 Å². The van der Waals surface area contributed by atoms with Crippen LogP contribution in [0.3, 0.4) is 0 Å². The summed E-state index contributed by atoms with van der Waals surface area (Å²) in [5.74, 6) is -1.57. The number of nitrogens with zero attached hydrogens (tertiary/aromatic N) is 1. The van der Waals surface area contributed by atoms with E-state index in [2.05, 4.69) is 4.98 Å². The van der Waals surface area contributed by atoms with Gasteiger partial charge in [0.25, 0.3) is 5.56 Å². The average molecular weight is 365 g/mol. The van der Waals surface area contributed by atoms with E-state index in [1.54, 1.807) is 0 Å². The maximum absolute atomic E-state index is 13.1. The van der Waals surface area contributed by atoms with Gasteiger partial charge in [0.2, 0.25) is 0 Å². The molecule has 0 aliphatic heterocycles. The summed E-state index contributed by atoms with van der Waals surface area (Å²) >= 11 is 11.2. The molecule has 1 aromatic heterocycles. The first-order chi connectivity index (χ1) is 11.4. The standard InChI is InChI=1S/C16H10ClFN2O3S/c17-12-6-10(18)3-1-9(12)7-20-14(21)11-4-2-8(15(22)23)5-13(11)19-16(20)24/h1-6H,7H2,(H,19,24)(H,22,23). The van der Waals surface area contributed by atoms with E-state index in [0.29, 0.717) is 16.5 Å². The number of nitrogens with one attached hydrogen (secondary N) is 1. The summed E-state index contributed by atoms with van der Waals surface area (Å²) in [6.45, 7) is 0.0733. The van der Waals surface area contributed by atoms with Crippen LogP contribution in [0.2, 0.25) is 5.02 Å². The molecule has 0 radical (unpaired) electrons. The lowest BCUT2D eigenvalue weighted by Crippen LogP contribution is -2.23. The zero-order valence-electron chi connectivity index (χ0n) is 12.0. The molecule has 0 saturated heterocycles. The Kier molecular flexibility index (Phi) is 4.21. The normalized spacial score (nSPS) is 10.9. The molecule has 122 valence electrons. The SMILES string of the molecule is O=C(O)c1ccc2c(=O)n(Cc3ccc(F)cc3Cl)c(=S)[nH]c2c1. The average Bonchev–Trinajstić information content (AvgIpc) is 2.52. The summed E-state index contributed by atoms with van der Waals surface area (Å²) in [4.78, 5) is 26.5. The second-order valence-corrected chi connectivity index (χ2v) is 5.92. The van der Waals surface area contributed by atoms with Crippen LogP contribution in [0.4, 0.5) is 4.39 Å². The van der Waals surface area contributed by atoms with Gasteiger partial charge in [-0.05, 0) is 48.1 Å². The second-order valence-electron chi connectivity index (χ2n) is 5.12. The van der Waals surface area contributed by atoms with Crippen molar-refractivity contribution in [2.24, 2.45) is 0 Å². The van der Waals surface area contributed by atoms with Crippen LogP contribution in [0, 0.1) is 10.6 Å². The van der Waals surface area contributed by atoms with Crippen molar-refractivity contribution in [2.75, 3.05) is 0 Å². The van der Waals surface area contributed by atoms with Gasteiger partial charge in [0.05, 0.1) is 23.0 Å². The van der Waals surface area contributed by atoms with Crippen LogP contribution < -0.4 is 5.56 Å². The highest BCUT2D eigenvalue weighted by Crippen LogP contribution is 2.18. The number of fused-ring (bicyclic) bond motifs is 1. The number of aromatic carboxylic acids is 1. The zero-order chi connectivity index (χ0) is 17.4. The Labute approximate surface area is 144 Å². The minimum atomic E-state index is -1.10. The maximum Gasteiger partial charge on any atom is 0.335 e. The molecular formula is C16H10ClFN2O3S. The molecule has 8 heteroatoms. The third-order valence-corrected chi connectivity index (χ3v) is 4.25. The van der Waals surface area contributed by atoms with E-state index in [-0.39, 0.29) is 27.5 Å². The number of H-pyrrole nitrogens is 1. The molecule has 3 rings (SSSR count). The fraction of sp³-hybridized carbons (Fsp3) is 0.0625. The first-order valence-electron chi connectivity index (χ1n) is 6.81. The van der Waals surface area contributed by atoms with Gasteiger partial charge in [-0.15, -0.1) is 0 Å². The Bertz CT molecular complexity index is 1090. The molecule has 0 unspecified atom stereocenters. The number of halogens is 2. The van der Waals surface area contributed by atoms with Gasteiger partial charge in [-0.3, -0.25) is 9.36 Å². The van der Waals surface area contributed by atoms with Crippen molar-refractivity contribution < 1.29 is 14.3 Å². The number of hydrogen-bond donors (Lipinski definition) is 2. The van der Waals surface area contributed by atoms with Crippen LogP contribution in [0.15, 0.2) is 41.2 Å². The minimum Gasteiger partial charge on any atom is -0.478 e. The highest BCUT2D eigenvalue weighted by molar-refractivity contribution is 7.71. The summed E-state index contributed by atoms with van der Waals surface area (Å²) in [5, 5.41) is 9.51. The topological polar surface area (TPSA) is 75.1 Å². The number of carboxylic acid groups (broad SMARTS) is 1. The number of benzene rings is 2. The molecule has 5 nitrogen and oxygen atoms in total. The van der Waals surface area contributed by atoms with E-state index in [9.17, 15) is 14.0 Å². The number of carboxylic acids is 1. The number of aromatic amines is 1. The lowest BCUT2D eigenvalue weighted by atomic mass is 10.1. The van der Waals surface area contributed by atoms with Crippen molar-refractivity contribution in [1.29, 1.82) is 0 Å². The molecule has 0 spiro atoms. The van der Waals surface area contributed by atoms with Gasteiger partial charge in [0.15, 0.2) is 4.77 Å². The smallest absolute Gasteiger partial charge is 0.335 e. The largest absolute Gasteiger partial charge is 0.478 e. The molecule has 2 N–H and O–H groups in total. The van der Waals surface area contributed by atoms with Crippen LogP contribution in [0.25, 0.3) is 10.9 Å². The van der Waals surface area contributed by atoms with Crippen molar-refractivity contribution in [3.8, 4) is 0 Å². The second kappa shape index (κ2) is 6.18. The first kappa shape index (κ1) is 16.4. The molecule has 24 heavy (non-hydrogen) atoms. The fourth-order valence-electron chi connectivity index (χ4n) is 2.35. The summed E-state index contributed by atoms with van der Waals surface area (Å²) in [6, 6.07) is 8.02. The Balaban J connectivity index is 2.15. The van der Waals surface area contributed by atoms with Crippen molar-refractivity contribution >= 4 is 40.7 Å². The number of aromatic nitrogens is 2. The summed E-state index contributed by atoms with van der Waals surface area (Å²) in [5.41, 5.74) is 0.547. The summed E-state index contributed by atoms with van der Waals surface area (Å²) < 4.78 is 14.5. The van der Waals surface area contributed by atoms with Crippen LogP contribution in [-0.4, -0.2) is 20.6 Å². The zero-order valence-corrected chi connectivity index (χ0v) is 13.6. The molecule has 0 bridgehead atoms. The third-order valence-electron chi connectivity index (χ3n) is 3.57. The van der Waals surface area contributed by atoms with Gasteiger partial charge in [-0.25, -0.2) is 9.18 Å². The van der Waals surface area contributed by atoms with Crippen molar-refractivity contribution in [3.05, 3.63) is 73.5 Å². The molecule has 0 aliphatic carbocycles. The fourth-order valence-corrected chi connectivity index (χ4v) is 2.84. The van der Waals surface area contributed by atoms with Gasteiger partial charge < -0.3 is 10.1 Å². The van der Waals surface area contributed by atoms with Crippen LogP contribution in [0.1, 0.15) is 15.9 Å². The van der Waals surface area contributed by atoms with Crippen LogP contribution >= 0.6 is 23.8 Å². The molecule has 0 fully saturated rings. The monoisotopic (exact) mass is 364 g/mol. The molecule has 1 heterocycles. The van der Waals surface area contributed by atoms with Crippen molar-refractivity contribution in [1.82, 2.24) is 9.55 Å². The van der Waals surface area contributed by atoms with Gasteiger partial charge in [-0.2, -0.15) is 0 Å². The van der Waals surface area contributed by atoms with Gasteiger partial charge in [-0.1, -0.05) is 17.7 Å². The summed E-state index contributed by atoms with van der Waals surface area (Å²) in [6.07, 6.45) is 0. The first-order valence-corrected chi connectivity index (χ1v) is 7.59. The lowest BCUT2D eigenvalue weighted by Gasteiger charge is -2.10. The number of rotatable bonds is 3. The molecule has 0 amide bonds. The van der Waals surface area contributed by atoms with E-state index in [0.717, 1.165) is 6.07 Å². The highest BCUT2D eigenvalue weighted by atomic mass is 35.5.